The van der Waals surface area contributed by atoms with E-state index in [1.807, 2.05) is 42.3 Å². The topological polar surface area (TPSA) is 67.2 Å². The molecule has 1 amide bonds. The Morgan fingerprint density at radius 3 is 2.48 bits per heavy atom. The van der Waals surface area contributed by atoms with Crippen LogP contribution in [-0.4, -0.2) is 56.7 Å². The van der Waals surface area contributed by atoms with Crippen LogP contribution in [0.1, 0.15) is 16.1 Å². The average Bonchev–Trinajstić information content (AvgIpc) is 3.14. The second-order valence-corrected chi connectivity index (χ2v) is 6.80. The molecule has 138 valence electrons. The van der Waals surface area contributed by atoms with Crippen molar-refractivity contribution in [2.75, 3.05) is 31.1 Å². The Balaban J connectivity index is 1.45. The fraction of sp³-hybridized carbons (Fsp3) is 0.263. The van der Waals surface area contributed by atoms with Crippen molar-refractivity contribution in [3.63, 3.8) is 0 Å². The van der Waals surface area contributed by atoms with Crippen LogP contribution in [0, 0.1) is 6.92 Å². The predicted molar refractivity (Wildman–Crippen MR) is 103 cm³/mol. The maximum absolute atomic E-state index is 12.7. The summed E-state index contributed by atoms with van der Waals surface area (Å²) >= 11 is 6.16. The monoisotopic (exact) mass is 382 g/mol. The Hall–Kier alpha value is -2.93. The minimum absolute atomic E-state index is 0.0318. The van der Waals surface area contributed by atoms with Crippen molar-refractivity contribution in [2.24, 2.45) is 0 Å². The Morgan fingerprint density at radius 2 is 1.78 bits per heavy atom. The van der Waals surface area contributed by atoms with Crippen LogP contribution in [0.5, 0.6) is 0 Å². The van der Waals surface area contributed by atoms with Crippen molar-refractivity contribution in [1.82, 2.24) is 24.6 Å². The highest BCUT2D eigenvalue weighted by Crippen LogP contribution is 2.20. The smallest absolute Gasteiger partial charge is 0.255 e. The van der Waals surface area contributed by atoms with Crippen molar-refractivity contribution < 1.29 is 4.79 Å². The largest absolute Gasteiger partial charge is 0.353 e. The number of hydrogen-bond donors (Lipinski definition) is 0. The van der Waals surface area contributed by atoms with Crippen LogP contribution < -0.4 is 4.90 Å². The molecule has 0 spiro atoms. The lowest BCUT2D eigenvalue weighted by Crippen LogP contribution is -2.49. The van der Waals surface area contributed by atoms with E-state index in [0.29, 0.717) is 36.8 Å². The molecule has 2 aromatic heterocycles. The van der Waals surface area contributed by atoms with Crippen molar-refractivity contribution >= 4 is 23.3 Å². The Bertz CT molecular complexity index is 964. The maximum atomic E-state index is 12.7. The van der Waals surface area contributed by atoms with E-state index in [1.54, 1.807) is 23.1 Å². The summed E-state index contributed by atoms with van der Waals surface area (Å²) in [6, 6.07) is 11.0. The zero-order chi connectivity index (χ0) is 18.8. The molecule has 3 aromatic rings. The van der Waals surface area contributed by atoms with Gasteiger partial charge >= 0.3 is 0 Å². The number of piperazine rings is 1. The molecular formula is C19H19ClN6O. The molecule has 1 aliphatic heterocycles. The van der Waals surface area contributed by atoms with Gasteiger partial charge in [0.05, 0.1) is 16.3 Å². The summed E-state index contributed by atoms with van der Waals surface area (Å²) in [7, 11) is 0. The minimum Gasteiger partial charge on any atom is -0.353 e. The van der Waals surface area contributed by atoms with Crippen LogP contribution in [-0.2, 0) is 0 Å². The third-order valence-electron chi connectivity index (χ3n) is 4.59. The summed E-state index contributed by atoms with van der Waals surface area (Å²) in [5.41, 5.74) is 1.48. The molecule has 0 unspecified atom stereocenters. The number of hydrogen-bond acceptors (Lipinski definition) is 5. The van der Waals surface area contributed by atoms with Gasteiger partial charge in [0.2, 0.25) is 0 Å². The first-order chi connectivity index (χ1) is 13.1. The van der Waals surface area contributed by atoms with E-state index in [2.05, 4.69) is 20.0 Å². The zero-order valence-electron chi connectivity index (χ0n) is 14.9. The number of aryl methyl sites for hydroxylation is 1. The van der Waals surface area contributed by atoms with E-state index in [1.165, 1.54) is 0 Å². The second kappa shape index (κ2) is 7.36. The maximum Gasteiger partial charge on any atom is 0.255 e. The van der Waals surface area contributed by atoms with E-state index >= 15 is 0 Å². The predicted octanol–water partition coefficient (Wildman–Crippen LogP) is 2.59. The molecule has 3 heterocycles. The van der Waals surface area contributed by atoms with Gasteiger partial charge in [-0.1, -0.05) is 23.7 Å². The van der Waals surface area contributed by atoms with Crippen LogP contribution in [0.25, 0.3) is 5.82 Å². The number of carbonyl (C=O) groups is 1. The van der Waals surface area contributed by atoms with E-state index in [-0.39, 0.29) is 5.91 Å². The van der Waals surface area contributed by atoms with Gasteiger partial charge in [0.15, 0.2) is 5.82 Å². The summed E-state index contributed by atoms with van der Waals surface area (Å²) in [6.45, 7) is 4.57. The molecule has 1 aromatic carbocycles. The summed E-state index contributed by atoms with van der Waals surface area (Å²) in [5, 5.41) is 4.87. The number of aromatic nitrogens is 4. The molecule has 0 bridgehead atoms. The van der Waals surface area contributed by atoms with Crippen LogP contribution in [0.15, 0.2) is 48.9 Å². The summed E-state index contributed by atoms with van der Waals surface area (Å²) < 4.78 is 1.73. The Morgan fingerprint density at radius 1 is 1.04 bits per heavy atom. The first-order valence-corrected chi connectivity index (χ1v) is 9.13. The molecular weight excluding hydrogens is 364 g/mol. The summed E-state index contributed by atoms with van der Waals surface area (Å²) in [4.78, 5) is 25.4. The highest BCUT2D eigenvalue weighted by Gasteiger charge is 2.24. The van der Waals surface area contributed by atoms with Gasteiger partial charge in [0.1, 0.15) is 12.1 Å². The van der Waals surface area contributed by atoms with Crippen molar-refractivity contribution in [3.05, 3.63) is 65.2 Å². The quantitative estimate of drug-likeness (QED) is 0.696. The lowest BCUT2D eigenvalue weighted by atomic mass is 10.2. The van der Waals surface area contributed by atoms with Gasteiger partial charge in [-0.05, 0) is 25.1 Å². The highest BCUT2D eigenvalue weighted by molar-refractivity contribution is 6.33. The molecule has 7 nitrogen and oxygen atoms in total. The lowest BCUT2D eigenvalue weighted by Gasteiger charge is -2.35. The van der Waals surface area contributed by atoms with Gasteiger partial charge in [-0.15, -0.1) is 0 Å². The molecule has 0 radical (unpaired) electrons. The number of benzene rings is 1. The van der Waals surface area contributed by atoms with E-state index < -0.39 is 0 Å². The fourth-order valence-corrected chi connectivity index (χ4v) is 3.34. The van der Waals surface area contributed by atoms with Crippen LogP contribution in [0.2, 0.25) is 5.02 Å². The number of nitrogens with zero attached hydrogens (tertiary/aromatic N) is 6. The van der Waals surface area contributed by atoms with Gasteiger partial charge in [-0.2, -0.15) is 5.10 Å². The molecule has 8 heteroatoms. The molecule has 0 aliphatic carbocycles. The van der Waals surface area contributed by atoms with Crippen molar-refractivity contribution in [3.8, 4) is 5.82 Å². The molecule has 1 saturated heterocycles. The third kappa shape index (κ3) is 3.64. The van der Waals surface area contributed by atoms with Crippen LogP contribution >= 0.6 is 11.6 Å². The number of amides is 1. The summed E-state index contributed by atoms with van der Waals surface area (Å²) in [5.74, 6) is 1.52. The van der Waals surface area contributed by atoms with E-state index in [4.69, 9.17) is 11.6 Å². The average molecular weight is 383 g/mol. The van der Waals surface area contributed by atoms with Gasteiger partial charge in [-0.3, -0.25) is 4.79 Å². The molecule has 0 N–H and O–H groups in total. The molecule has 0 saturated carbocycles. The molecule has 1 aliphatic rings. The van der Waals surface area contributed by atoms with E-state index in [9.17, 15) is 4.79 Å². The zero-order valence-corrected chi connectivity index (χ0v) is 15.7. The minimum atomic E-state index is -0.0318. The highest BCUT2D eigenvalue weighted by atomic mass is 35.5. The van der Waals surface area contributed by atoms with Crippen molar-refractivity contribution in [2.45, 2.75) is 6.92 Å². The summed E-state index contributed by atoms with van der Waals surface area (Å²) in [6.07, 6.45) is 3.42. The normalized spacial score (nSPS) is 14.4. The fourth-order valence-electron chi connectivity index (χ4n) is 3.12. The third-order valence-corrected chi connectivity index (χ3v) is 4.92. The van der Waals surface area contributed by atoms with Crippen LogP contribution in [0.4, 0.5) is 5.82 Å². The van der Waals surface area contributed by atoms with Crippen LogP contribution in [0.3, 0.4) is 0 Å². The van der Waals surface area contributed by atoms with E-state index in [0.717, 1.165) is 17.3 Å². The van der Waals surface area contributed by atoms with Gasteiger partial charge in [-0.25, -0.2) is 14.6 Å². The second-order valence-electron chi connectivity index (χ2n) is 6.40. The number of anilines is 1. The molecule has 0 atom stereocenters. The van der Waals surface area contributed by atoms with Crippen molar-refractivity contribution in [1.29, 1.82) is 0 Å². The number of carbonyl (C=O) groups excluding carboxylic acids is 1. The molecule has 4 rings (SSSR count). The number of halogens is 1. The lowest BCUT2D eigenvalue weighted by molar-refractivity contribution is 0.0746. The van der Waals surface area contributed by atoms with Gasteiger partial charge < -0.3 is 9.80 Å². The standard InChI is InChI=1S/C19H19ClN6O/c1-14-6-7-26(23-14)18-12-17(21-13-22-18)24-8-10-25(11-9-24)19(27)15-4-2-3-5-16(15)20/h2-7,12-13H,8-11H2,1H3. The number of rotatable bonds is 3. The van der Waals surface area contributed by atoms with Gasteiger partial charge in [0.25, 0.3) is 5.91 Å². The Kier molecular flexibility index (Phi) is 4.77. The van der Waals surface area contributed by atoms with Gasteiger partial charge in [0, 0.05) is 38.4 Å². The molecule has 27 heavy (non-hydrogen) atoms. The first-order valence-electron chi connectivity index (χ1n) is 8.75. The first kappa shape index (κ1) is 17.5. The molecule has 1 fully saturated rings. The Labute approximate surface area is 162 Å². The SMILES string of the molecule is Cc1ccn(-c2cc(N3CCN(C(=O)c4ccccc4Cl)CC3)ncn2)n1.